The van der Waals surface area contributed by atoms with Gasteiger partial charge in [-0.1, -0.05) is 10.5 Å². The van der Waals surface area contributed by atoms with Crippen LogP contribution in [-0.2, 0) is 19.7 Å². The minimum absolute atomic E-state index is 0.00528. The van der Waals surface area contributed by atoms with Crippen LogP contribution in [0.4, 0.5) is 0 Å². The lowest BCUT2D eigenvalue weighted by Gasteiger charge is -2.33. The molecule has 1 aromatic rings. The molecule has 2 amide bonds. The van der Waals surface area contributed by atoms with Crippen LogP contribution in [0.15, 0.2) is 29.2 Å². The number of sulfonamides is 1. The number of benzene rings is 1. The maximum atomic E-state index is 12.8. The molecule has 2 rings (SSSR count). The molecule has 1 aliphatic rings. The van der Waals surface area contributed by atoms with E-state index >= 15 is 0 Å². The minimum Gasteiger partial charge on any atom is -0.343 e. The van der Waals surface area contributed by atoms with E-state index in [9.17, 15) is 18.0 Å². The van der Waals surface area contributed by atoms with Crippen LogP contribution in [0.2, 0.25) is 0 Å². The molecule has 1 aliphatic heterocycles. The smallest absolute Gasteiger partial charge is 0.264 e. The lowest BCUT2D eigenvalue weighted by atomic mass is 9.94. The highest BCUT2D eigenvalue weighted by Crippen LogP contribution is 2.23. The molecule has 0 aliphatic carbocycles. The lowest BCUT2D eigenvalue weighted by Crippen LogP contribution is -2.44. The largest absolute Gasteiger partial charge is 0.343 e. The van der Waals surface area contributed by atoms with E-state index in [1.807, 2.05) is 18.7 Å². The van der Waals surface area contributed by atoms with Gasteiger partial charge >= 0.3 is 0 Å². The summed E-state index contributed by atoms with van der Waals surface area (Å²) in [5, 5.41) is 0. The highest BCUT2D eigenvalue weighted by molar-refractivity contribution is 7.89. The minimum atomic E-state index is -3.82. The van der Waals surface area contributed by atoms with Crippen LogP contribution in [0.3, 0.4) is 0 Å². The number of piperidine rings is 1. The summed E-state index contributed by atoms with van der Waals surface area (Å²) in [4.78, 5) is 33.6. The Hall–Kier alpha value is -1.97. The first-order valence-corrected chi connectivity index (χ1v) is 10.9. The average molecular weight is 412 g/mol. The van der Waals surface area contributed by atoms with Crippen LogP contribution in [-0.4, -0.2) is 74.8 Å². The topological polar surface area (TPSA) is 87.2 Å². The van der Waals surface area contributed by atoms with Gasteiger partial charge < -0.3 is 9.80 Å². The summed E-state index contributed by atoms with van der Waals surface area (Å²) in [6, 6.07) is 5.93. The molecule has 0 N–H and O–H groups in total. The zero-order chi connectivity index (χ0) is 20.9. The number of carbonyl (C=O) groups is 2. The second-order valence-corrected chi connectivity index (χ2v) is 8.64. The third-order valence-electron chi connectivity index (χ3n) is 5.18. The van der Waals surface area contributed by atoms with Gasteiger partial charge in [0.15, 0.2) is 0 Å². The number of amides is 2. The summed E-state index contributed by atoms with van der Waals surface area (Å²) in [6.07, 6.45) is 1.23. The van der Waals surface area contributed by atoms with Crippen LogP contribution < -0.4 is 0 Å². The number of hydrogen-bond acceptors (Lipinski definition) is 5. The van der Waals surface area contributed by atoms with Crippen LogP contribution >= 0.6 is 0 Å². The van der Waals surface area contributed by atoms with Gasteiger partial charge in [-0.05, 0) is 44.9 Å². The van der Waals surface area contributed by atoms with E-state index in [0.717, 1.165) is 4.47 Å². The first-order valence-electron chi connectivity index (χ1n) is 9.47. The first kappa shape index (κ1) is 22.3. The van der Waals surface area contributed by atoms with Crippen LogP contribution in [0.1, 0.15) is 37.0 Å². The number of carbonyl (C=O) groups excluding carboxylic acids is 2. The van der Waals surface area contributed by atoms with Gasteiger partial charge in [0.2, 0.25) is 5.91 Å². The van der Waals surface area contributed by atoms with Gasteiger partial charge in [0.05, 0.1) is 12.0 Å². The predicted octanol–water partition coefficient (Wildman–Crippen LogP) is 1.59. The standard InChI is InChI=1S/C19H29N3O5S/c1-5-21(6-2)18(23)15-10-12-22(13-11-15)19(24)16-8-7-9-17(14-16)28(25,26)20(3)27-4/h7-9,14-15H,5-6,10-13H2,1-4H3. The molecular weight excluding hydrogens is 382 g/mol. The van der Waals surface area contributed by atoms with Crippen molar-refractivity contribution in [3.05, 3.63) is 29.8 Å². The second kappa shape index (κ2) is 9.49. The van der Waals surface area contributed by atoms with E-state index < -0.39 is 10.0 Å². The molecule has 0 bridgehead atoms. The van der Waals surface area contributed by atoms with Crippen molar-refractivity contribution in [2.75, 3.05) is 40.3 Å². The predicted molar refractivity (Wildman–Crippen MR) is 105 cm³/mol. The Morgan fingerprint density at radius 3 is 2.32 bits per heavy atom. The van der Waals surface area contributed by atoms with Gasteiger partial charge in [-0.3, -0.25) is 14.4 Å². The Morgan fingerprint density at radius 2 is 1.79 bits per heavy atom. The summed E-state index contributed by atoms with van der Waals surface area (Å²) >= 11 is 0. The summed E-state index contributed by atoms with van der Waals surface area (Å²) < 4.78 is 25.5. The number of hydrogen-bond donors (Lipinski definition) is 0. The first-order chi connectivity index (χ1) is 13.3. The number of likely N-dealkylation sites (tertiary alicyclic amines) is 1. The van der Waals surface area contributed by atoms with Crippen molar-refractivity contribution in [2.24, 2.45) is 5.92 Å². The van der Waals surface area contributed by atoms with Gasteiger partial charge in [-0.15, -0.1) is 0 Å². The van der Waals surface area contributed by atoms with Crippen molar-refractivity contribution in [3.8, 4) is 0 Å². The summed E-state index contributed by atoms with van der Waals surface area (Å²) in [5.41, 5.74) is 0.305. The van der Waals surface area contributed by atoms with Gasteiger partial charge in [-0.2, -0.15) is 0 Å². The van der Waals surface area contributed by atoms with Crippen LogP contribution in [0, 0.1) is 5.92 Å². The highest BCUT2D eigenvalue weighted by Gasteiger charge is 2.30. The van der Waals surface area contributed by atoms with Crippen LogP contribution in [0.5, 0.6) is 0 Å². The molecule has 1 aromatic carbocycles. The summed E-state index contributed by atoms with van der Waals surface area (Å²) in [5.74, 6) is -0.148. The van der Waals surface area contributed by atoms with Crippen molar-refractivity contribution in [2.45, 2.75) is 31.6 Å². The number of nitrogens with zero attached hydrogens (tertiary/aromatic N) is 3. The fourth-order valence-electron chi connectivity index (χ4n) is 3.34. The zero-order valence-corrected chi connectivity index (χ0v) is 17.7. The molecule has 9 heteroatoms. The SMILES string of the molecule is CCN(CC)C(=O)C1CCN(C(=O)c2cccc(S(=O)(=O)N(C)OC)c2)CC1. The van der Waals surface area contributed by atoms with Crippen molar-refractivity contribution >= 4 is 21.8 Å². The molecule has 156 valence electrons. The maximum absolute atomic E-state index is 12.8. The Balaban J connectivity index is 2.08. The van der Waals surface area contributed by atoms with E-state index in [4.69, 9.17) is 4.84 Å². The van der Waals surface area contributed by atoms with Gasteiger partial charge in [-0.25, -0.2) is 8.42 Å². The van der Waals surface area contributed by atoms with E-state index in [0.29, 0.717) is 44.6 Å². The monoisotopic (exact) mass is 411 g/mol. The molecule has 1 heterocycles. The Labute approximate surface area is 167 Å². The van der Waals surface area contributed by atoms with Crippen molar-refractivity contribution in [3.63, 3.8) is 0 Å². The molecule has 0 unspecified atom stereocenters. The molecule has 0 spiro atoms. The molecule has 28 heavy (non-hydrogen) atoms. The Kier molecular flexibility index (Phi) is 7.56. The third-order valence-corrected chi connectivity index (χ3v) is 6.86. The quantitative estimate of drug-likeness (QED) is 0.636. The molecule has 0 radical (unpaired) electrons. The lowest BCUT2D eigenvalue weighted by molar-refractivity contribution is -0.136. The molecule has 1 saturated heterocycles. The zero-order valence-electron chi connectivity index (χ0n) is 16.9. The summed E-state index contributed by atoms with van der Waals surface area (Å²) in [6.45, 7) is 6.25. The summed E-state index contributed by atoms with van der Waals surface area (Å²) in [7, 11) is -1.27. The third kappa shape index (κ3) is 4.71. The van der Waals surface area contributed by atoms with E-state index in [1.54, 1.807) is 17.0 Å². The number of hydroxylamine groups is 1. The Morgan fingerprint density at radius 1 is 1.18 bits per heavy atom. The van der Waals surface area contributed by atoms with Gasteiger partial charge in [0.1, 0.15) is 0 Å². The van der Waals surface area contributed by atoms with Crippen molar-refractivity contribution < 1.29 is 22.8 Å². The van der Waals surface area contributed by atoms with Gasteiger partial charge in [0, 0.05) is 44.7 Å². The van der Waals surface area contributed by atoms with E-state index in [-0.39, 0.29) is 22.6 Å². The maximum Gasteiger partial charge on any atom is 0.264 e. The molecule has 8 nitrogen and oxygen atoms in total. The van der Waals surface area contributed by atoms with E-state index in [1.165, 1.54) is 26.3 Å². The van der Waals surface area contributed by atoms with E-state index in [2.05, 4.69) is 0 Å². The average Bonchev–Trinajstić information content (AvgIpc) is 2.73. The fraction of sp³-hybridized carbons (Fsp3) is 0.579. The number of rotatable bonds is 7. The molecule has 0 atom stereocenters. The molecular formula is C19H29N3O5S. The fourth-order valence-corrected chi connectivity index (χ4v) is 4.36. The molecule has 0 aromatic heterocycles. The van der Waals surface area contributed by atoms with Crippen molar-refractivity contribution in [1.29, 1.82) is 0 Å². The van der Waals surface area contributed by atoms with Crippen LogP contribution in [0.25, 0.3) is 0 Å². The normalized spacial score (nSPS) is 15.7. The van der Waals surface area contributed by atoms with Crippen molar-refractivity contribution in [1.82, 2.24) is 14.3 Å². The second-order valence-electron chi connectivity index (χ2n) is 6.70. The molecule has 1 fully saturated rings. The van der Waals surface area contributed by atoms with Gasteiger partial charge in [0.25, 0.3) is 15.9 Å². The molecule has 0 saturated carbocycles. The highest BCUT2D eigenvalue weighted by atomic mass is 32.2. The Bertz CT molecular complexity index is 800.